The van der Waals surface area contributed by atoms with Gasteiger partial charge in [-0.3, -0.25) is 14.9 Å². The monoisotopic (exact) mass is 305 g/mol. The molecule has 21 heavy (non-hydrogen) atoms. The number of amides is 2. The number of carbonyl (C=O) groups is 2. The molecule has 1 aromatic carbocycles. The summed E-state index contributed by atoms with van der Waals surface area (Å²) in [6, 6.07) is 7.50. The van der Waals surface area contributed by atoms with Crippen LogP contribution in [-0.4, -0.2) is 11.8 Å². The fourth-order valence-corrected chi connectivity index (χ4v) is 4.58. The molecule has 3 rings (SSSR count). The molecule has 0 radical (unpaired) electrons. The van der Waals surface area contributed by atoms with Crippen LogP contribution in [0.1, 0.15) is 51.0 Å². The first-order valence-electron chi connectivity index (χ1n) is 7.45. The zero-order valence-corrected chi connectivity index (χ0v) is 13.2. The van der Waals surface area contributed by atoms with Crippen LogP contribution in [0.4, 0.5) is 0 Å². The van der Waals surface area contributed by atoms with Crippen molar-refractivity contribution in [3.8, 4) is 0 Å². The van der Waals surface area contributed by atoms with Gasteiger partial charge in [0, 0.05) is 11.4 Å². The molecule has 1 aliphatic heterocycles. The molecular weight excluding hydrogens is 286 g/mol. The van der Waals surface area contributed by atoms with E-state index in [0.717, 1.165) is 24.8 Å². The van der Waals surface area contributed by atoms with Gasteiger partial charge in [0.2, 0.25) is 11.8 Å². The molecular formula is C17H20ClNO2. The molecule has 2 unspecified atom stereocenters. The first-order valence-corrected chi connectivity index (χ1v) is 7.83. The van der Waals surface area contributed by atoms with Crippen molar-refractivity contribution in [2.45, 2.75) is 45.4 Å². The maximum absolute atomic E-state index is 12.6. The molecule has 1 spiro atoms. The molecule has 4 heteroatoms. The SMILES string of the molecule is CC1(C)CCCC12CC(=O)NC(=O)C2c1ccccc1Cl. The summed E-state index contributed by atoms with van der Waals surface area (Å²) in [6.45, 7) is 4.35. The predicted molar refractivity (Wildman–Crippen MR) is 82.0 cm³/mol. The van der Waals surface area contributed by atoms with Gasteiger partial charge >= 0.3 is 0 Å². The highest BCUT2D eigenvalue weighted by molar-refractivity contribution is 6.31. The predicted octanol–water partition coefficient (Wildman–Crippen LogP) is 3.67. The van der Waals surface area contributed by atoms with Gasteiger partial charge < -0.3 is 0 Å². The summed E-state index contributed by atoms with van der Waals surface area (Å²) >= 11 is 6.35. The van der Waals surface area contributed by atoms with Gasteiger partial charge in [-0.05, 0) is 35.3 Å². The summed E-state index contributed by atoms with van der Waals surface area (Å²) in [5, 5.41) is 3.11. The molecule has 1 saturated carbocycles. The minimum Gasteiger partial charge on any atom is -0.296 e. The third-order valence-electron chi connectivity index (χ3n) is 5.54. The largest absolute Gasteiger partial charge is 0.296 e. The number of imide groups is 1. The van der Waals surface area contributed by atoms with Gasteiger partial charge in [-0.1, -0.05) is 50.1 Å². The average Bonchev–Trinajstić information content (AvgIpc) is 2.66. The Morgan fingerprint density at radius 2 is 1.90 bits per heavy atom. The van der Waals surface area contributed by atoms with Crippen LogP contribution in [0.5, 0.6) is 0 Å². The van der Waals surface area contributed by atoms with Gasteiger partial charge in [0.15, 0.2) is 0 Å². The van der Waals surface area contributed by atoms with Gasteiger partial charge in [-0.25, -0.2) is 0 Å². The molecule has 2 fully saturated rings. The second-order valence-electron chi connectivity index (χ2n) is 6.94. The van der Waals surface area contributed by atoms with Gasteiger partial charge in [0.05, 0.1) is 5.92 Å². The summed E-state index contributed by atoms with van der Waals surface area (Å²) in [7, 11) is 0. The van der Waals surface area contributed by atoms with Crippen molar-refractivity contribution in [3.05, 3.63) is 34.9 Å². The Morgan fingerprint density at radius 1 is 1.19 bits per heavy atom. The van der Waals surface area contributed by atoms with E-state index in [1.165, 1.54) is 0 Å². The Morgan fingerprint density at radius 3 is 2.52 bits per heavy atom. The highest BCUT2D eigenvalue weighted by Gasteiger charge is 2.59. The van der Waals surface area contributed by atoms with Crippen molar-refractivity contribution in [3.63, 3.8) is 0 Å². The van der Waals surface area contributed by atoms with E-state index in [-0.39, 0.29) is 28.6 Å². The summed E-state index contributed by atoms with van der Waals surface area (Å²) in [5.41, 5.74) is 0.473. The Labute approximate surface area is 130 Å². The van der Waals surface area contributed by atoms with Crippen LogP contribution in [0.15, 0.2) is 24.3 Å². The maximum Gasteiger partial charge on any atom is 0.234 e. The van der Waals surface area contributed by atoms with Crippen LogP contribution in [0.2, 0.25) is 5.02 Å². The van der Waals surface area contributed by atoms with Crippen molar-refractivity contribution < 1.29 is 9.59 Å². The summed E-state index contributed by atoms with van der Waals surface area (Å²) < 4.78 is 0. The molecule has 2 aliphatic rings. The first kappa shape index (κ1) is 14.6. The fraction of sp³-hybridized carbons (Fsp3) is 0.529. The molecule has 112 valence electrons. The number of carbonyl (C=O) groups excluding carboxylic acids is 2. The van der Waals surface area contributed by atoms with Crippen LogP contribution in [0.25, 0.3) is 0 Å². The Balaban J connectivity index is 2.17. The van der Waals surface area contributed by atoms with Gasteiger partial charge in [-0.15, -0.1) is 0 Å². The normalized spacial score (nSPS) is 31.5. The van der Waals surface area contributed by atoms with E-state index >= 15 is 0 Å². The minimum atomic E-state index is -0.346. The van der Waals surface area contributed by atoms with E-state index < -0.39 is 0 Å². The molecule has 3 nitrogen and oxygen atoms in total. The topological polar surface area (TPSA) is 46.2 Å². The lowest BCUT2D eigenvalue weighted by Crippen LogP contribution is -2.54. The third-order valence-corrected chi connectivity index (χ3v) is 5.89. The van der Waals surface area contributed by atoms with Crippen molar-refractivity contribution >= 4 is 23.4 Å². The molecule has 0 aromatic heterocycles. The highest BCUT2D eigenvalue weighted by atomic mass is 35.5. The highest BCUT2D eigenvalue weighted by Crippen LogP contribution is 2.63. The van der Waals surface area contributed by atoms with Crippen LogP contribution >= 0.6 is 11.6 Å². The number of rotatable bonds is 1. The Hall–Kier alpha value is -1.35. The van der Waals surface area contributed by atoms with E-state index in [4.69, 9.17) is 11.6 Å². The quantitative estimate of drug-likeness (QED) is 0.805. The van der Waals surface area contributed by atoms with Gasteiger partial charge in [-0.2, -0.15) is 0 Å². The van der Waals surface area contributed by atoms with Crippen LogP contribution in [0.3, 0.4) is 0 Å². The van der Waals surface area contributed by atoms with Crippen LogP contribution in [0, 0.1) is 10.8 Å². The standard InChI is InChI=1S/C17H20ClNO2/c1-16(2)8-5-9-17(16)10-13(20)19-15(21)14(17)11-6-3-4-7-12(11)18/h3-4,6-7,14H,5,8-10H2,1-2H3,(H,19,20,21). The molecule has 1 aromatic rings. The number of benzene rings is 1. The van der Waals surface area contributed by atoms with Crippen LogP contribution < -0.4 is 5.32 Å². The summed E-state index contributed by atoms with van der Waals surface area (Å²) in [5.74, 6) is -0.700. The minimum absolute atomic E-state index is 0.0513. The smallest absolute Gasteiger partial charge is 0.234 e. The maximum atomic E-state index is 12.6. The van der Waals surface area contributed by atoms with Crippen molar-refractivity contribution in [1.29, 1.82) is 0 Å². The second-order valence-corrected chi connectivity index (χ2v) is 7.34. The molecule has 1 N–H and O–H groups in total. The number of halogens is 1. The van der Waals surface area contributed by atoms with E-state index in [9.17, 15) is 9.59 Å². The zero-order chi connectivity index (χ0) is 15.3. The molecule has 1 saturated heterocycles. The summed E-state index contributed by atoms with van der Waals surface area (Å²) in [4.78, 5) is 24.6. The van der Waals surface area contributed by atoms with E-state index in [0.29, 0.717) is 11.4 Å². The van der Waals surface area contributed by atoms with Crippen molar-refractivity contribution in [2.75, 3.05) is 0 Å². The van der Waals surface area contributed by atoms with Crippen LogP contribution in [-0.2, 0) is 9.59 Å². The molecule has 2 atom stereocenters. The molecule has 2 amide bonds. The van der Waals surface area contributed by atoms with E-state index in [2.05, 4.69) is 19.2 Å². The Kier molecular flexibility index (Phi) is 3.36. The number of hydrogen-bond acceptors (Lipinski definition) is 2. The summed E-state index contributed by atoms with van der Waals surface area (Å²) in [6.07, 6.45) is 3.39. The molecule has 0 bridgehead atoms. The number of nitrogens with one attached hydrogen (secondary N) is 1. The lowest BCUT2D eigenvalue weighted by Gasteiger charge is -2.49. The molecule has 1 heterocycles. The van der Waals surface area contributed by atoms with E-state index in [1.807, 2.05) is 24.3 Å². The third kappa shape index (κ3) is 2.10. The number of hydrogen-bond donors (Lipinski definition) is 1. The Bertz CT molecular complexity index is 611. The number of piperidine rings is 1. The zero-order valence-electron chi connectivity index (χ0n) is 12.4. The van der Waals surface area contributed by atoms with Crippen molar-refractivity contribution in [1.82, 2.24) is 5.32 Å². The fourth-order valence-electron chi connectivity index (χ4n) is 4.34. The average molecular weight is 306 g/mol. The van der Waals surface area contributed by atoms with Gasteiger partial charge in [0.1, 0.15) is 0 Å². The van der Waals surface area contributed by atoms with Crippen molar-refractivity contribution in [2.24, 2.45) is 10.8 Å². The molecule has 1 aliphatic carbocycles. The lowest BCUT2D eigenvalue weighted by molar-refractivity contribution is -0.144. The van der Waals surface area contributed by atoms with Gasteiger partial charge in [0.25, 0.3) is 0 Å². The van der Waals surface area contributed by atoms with E-state index in [1.54, 1.807) is 0 Å². The lowest BCUT2D eigenvalue weighted by atomic mass is 9.56. The first-order chi connectivity index (χ1) is 9.87. The second kappa shape index (κ2) is 4.84.